The molecule has 2 aromatic heterocycles. The molecule has 49 heavy (non-hydrogen) atoms. The minimum atomic E-state index is -0.0847. The normalized spacial score (nSPS) is 19.9. The van der Waals surface area contributed by atoms with Gasteiger partial charge in [0.15, 0.2) is 11.6 Å². The van der Waals surface area contributed by atoms with E-state index in [0.717, 1.165) is 36.6 Å². The summed E-state index contributed by atoms with van der Waals surface area (Å²) in [6.45, 7) is 11.5. The van der Waals surface area contributed by atoms with Crippen molar-refractivity contribution in [2.24, 2.45) is 0 Å². The minimum Gasteiger partial charge on any atom is -0.301 e. The average Bonchev–Trinajstić information content (AvgIpc) is 3.78. The van der Waals surface area contributed by atoms with Crippen LogP contribution in [0.2, 0.25) is 0 Å². The molecule has 0 bridgehead atoms. The van der Waals surface area contributed by atoms with E-state index < -0.39 is 0 Å². The van der Waals surface area contributed by atoms with Crippen molar-refractivity contribution in [2.75, 3.05) is 9.80 Å². The van der Waals surface area contributed by atoms with E-state index in [0.29, 0.717) is 0 Å². The third-order valence-corrected chi connectivity index (χ3v) is 11.7. The number of imidazole rings is 1. The molecule has 6 heteroatoms. The van der Waals surface area contributed by atoms with Crippen molar-refractivity contribution >= 4 is 23.0 Å². The van der Waals surface area contributed by atoms with Crippen LogP contribution in [-0.2, 0) is 5.54 Å². The van der Waals surface area contributed by atoms with E-state index in [2.05, 4.69) is 157 Å². The quantitative estimate of drug-likeness (QED) is 0.176. The number of rotatable bonds is 5. The maximum absolute atomic E-state index is 4.99. The zero-order valence-corrected chi connectivity index (χ0v) is 29.0. The van der Waals surface area contributed by atoms with Crippen molar-refractivity contribution in [1.82, 2.24) is 14.5 Å². The number of benzene rings is 4. The van der Waals surface area contributed by atoms with E-state index in [1.54, 1.807) is 0 Å². The van der Waals surface area contributed by atoms with Crippen LogP contribution in [0.3, 0.4) is 0 Å². The first-order chi connectivity index (χ1) is 24.0. The molecule has 0 saturated carbocycles. The molecule has 0 saturated heterocycles. The molecule has 3 unspecified atom stereocenters. The number of fused-ring (bicyclic) bond motifs is 8. The molecular weight excluding hydrogens is 601 g/mol. The van der Waals surface area contributed by atoms with Crippen LogP contribution in [0.25, 0.3) is 17.1 Å². The van der Waals surface area contributed by atoms with Gasteiger partial charge >= 0.3 is 0 Å². The van der Waals surface area contributed by atoms with Gasteiger partial charge in [0, 0.05) is 29.7 Å². The van der Waals surface area contributed by atoms with Gasteiger partial charge < -0.3 is 9.80 Å². The summed E-state index contributed by atoms with van der Waals surface area (Å²) in [6, 6.07) is 33.7. The van der Waals surface area contributed by atoms with E-state index in [-0.39, 0.29) is 23.5 Å². The highest BCUT2D eigenvalue weighted by atomic mass is 15.5. The maximum Gasteiger partial charge on any atom is 0.294 e. The van der Waals surface area contributed by atoms with Gasteiger partial charge in [-0.2, -0.15) is 4.57 Å². The Labute approximate surface area is 289 Å². The number of aromatic nitrogens is 4. The van der Waals surface area contributed by atoms with Crippen molar-refractivity contribution in [3.8, 4) is 17.1 Å². The lowest BCUT2D eigenvalue weighted by Gasteiger charge is -2.38. The molecule has 244 valence electrons. The topological polar surface area (TPSA) is 41.1 Å². The summed E-state index contributed by atoms with van der Waals surface area (Å²) in [4.78, 5) is 14.9. The summed E-state index contributed by atoms with van der Waals surface area (Å²) >= 11 is 0. The van der Waals surface area contributed by atoms with Crippen molar-refractivity contribution in [2.45, 2.75) is 77.4 Å². The predicted octanol–water partition coefficient (Wildman–Crippen LogP) is 9.56. The first kappa shape index (κ1) is 29.9. The smallest absolute Gasteiger partial charge is 0.294 e. The Kier molecular flexibility index (Phi) is 6.80. The Balaban J connectivity index is 1.31. The number of para-hydroxylation sites is 2. The predicted molar refractivity (Wildman–Crippen MR) is 197 cm³/mol. The van der Waals surface area contributed by atoms with Crippen molar-refractivity contribution in [1.29, 1.82) is 0 Å². The van der Waals surface area contributed by atoms with Gasteiger partial charge in [0.25, 0.3) is 5.82 Å². The Morgan fingerprint density at radius 3 is 2.10 bits per heavy atom. The Bertz CT molecular complexity index is 2180. The molecule has 6 nitrogen and oxygen atoms in total. The second-order valence-electron chi connectivity index (χ2n) is 14.2. The molecule has 5 heterocycles. The standard InChI is InChI=1S/C43H43N6/c1-6-43(7-2)27-35(32-17-11-12-18-33(32)41-46(23-24-47(41)43)38-29(4)25-28(3)26-30(38)5)37-34-19-13-14-20-36(34)49-40-39(44-21-22-45-40)48(42(37)49)31-15-9-8-10-16-31/h8-26,35,37,42H,6-7,27H2,1-5H3/q+1. The van der Waals surface area contributed by atoms with Crippen LogP contribution in [0.4, 0.5) is 23.0 Å². The summed E-state index contributed by atoms with van der Waals surface area (Å²) in [5.41, 5.74) is 11.6. The molecule has 9 rings (SSSR count). The lowest BCUT2D eigenvalue weighted by atomic mass is 9.72. The highest BCUT2D eigenvalue weighted by molar-refractivity contribution is 5.88. The van der Waals surface area contributed by atoms with Gasteiger partial charge in [-0.15, -0.1) is 0 Å². The number of hydrogen-bond donors (Lipinski definition) is 0. The van der Waals surface area contributed by atoms with Crippen molar-refractivity contribution < 1.29 is 4.57 Å². The van der Waals surface area contributed by atoms with Gasteiger partial charge in [-0.1, -0.05) is 86.1 Å². The largest absolute Gasteiger partial charge is 0.301 e. The van der Waals surface area contributed by atoms with Crippen molar-refractivity contribution in [3.63, 3.8) is 0 Å². The number of nitrogens with zero attached hydrogens (tertiary/aromatic N) is 6. The highest BCUT2D eigenvalue weighted by Crippen LogP contribution is 2.61. The first-order valence-electron chi connectivity index (χ1n) is 17.8. The highest BCUT2D eigenvalue weighted by Gasteiger charge is 2.56. The van der Waals surface area contributed by atoms with Gasteiger partial charge in [0.1, 0.15) is 29.8 Å². The van der Waals surface area contributed by atoms with Crippen LogP contribution in [0.1, 0.15) is 72.8 Å². The number of hydrogen-bond acceptors (Lipinski definition) is 4. The zero-order chi connectivity index (χ0) is 33.4. The van der Waals surface area contributed by atoms with Crippen LogP contribution in [-0.4, -0.2) is 20.7 Å². The Morgan fingerprint density at radius 2 is 1.39 bits per heavy atom. The molecule has 0 amide bonds. The SMILES string of the molecule is CCC1(CC)CC(C2c3ccccc3N3c4nccnc4N(c4ccccc4)C23)c2ccccc2-c2n(-c3c(C)cc(C)cc3C)cc[n+]21. The Morgan fingerprint density at radius 1 is 0.755 bits per heavy atom. The minimum absolute atomic E-state index is 0.00663. The second kappa shape index (κ2) is 11.2. The van der Waals surface area contributed by atoms with Gasteiger partial charge in [0.2, 0.25) is 0 Å². The average molecular weight is 644 g/mol. The lowest BCUT2D eigenvalue weighted by molar-refractivity contribution is -0.756. The summed E-state index contributed by atoms with van der Waals surface area (Å²) in [7, 11) is 0. The molecule has 6 aromatic rings. The van der Waals surface area contributed by atoms with Crippen LogP contribution in [0.15, 0.2) is 116 Å². The number of aryl methyl sites for hydroxylation is 3. The molecule has 0 spiro atoms. The monoisotopic (exact) mass is 643 g/mol. The summed E-state index contributed by atoms with van der Waals surface area (Å²) in [5.74, 6) is 3.51. The maximum atomic E-state index is 4.99. The third kappa shape index (κ3) is 4.22. The molecule has 0 fully saturated rings. The molecule has 0 aliphatic carbocycles. The van der Waals surface area contributed by atoms with Crippen LogP contribution in [0, 0.1) is 20.8 Å². The van der Waals surface area contributed by atoms with E-state index in [1.165, 1.54) is 50.6 Å². The van der Waals surface area contributed by atoms with Crippen LogP contribution >= 0.6 is 0 Å². The molecule has 3 aliphatic rings. The van der Waals surface area contributed by atoms with E-state index >= 15 is 0 Å². The lowest BCUT2D eigenvalue weighted by Crippen LogP contribution is -2.56. The first-order valence-corrected chi connectivity index (χ1v) is 17.8. The van der Waals surface area contributed by atoms with Gasteiger partial charge in [-0.3, -0.25) is 0 Å². The van der Waals surface area contributed by atoms with E-state index in [4.69, 9.17) is 9.97 Å². The molecule has 4 aromatic carbocycles. The van der Waals surface area contributed by atoms with Gasteiger partial charge in [0.05, 0.1) is 5.56 Å². The molecule has 3 atom stereocenters. The fourth-order valence-corrected chi connectivity index (χ4v) is 9.65. The Hall–Kier alpha value is -5.23. The fourth-order valence-electron chi connectivity index (χ4n) is 9.65. The van der Waals surface area contributed by atoms with E-state index in [9.17, 15) is 0 Å². The molecule has 0 radical (unpaired) electrons. The van der Waals surface area contributed by atoms with Crippen LogP contribution < -0.4 is 14.4 Å². The number of anilines is 4. The third-order valence-electron chi connectivity index (χ3n) is 11.7. The summed E-state index contributed by atoms with van der Waals surface area (Å²) in [6.07, 6.45) is 11.4. The molecular formula is C43H43N6+. The fraction of sp³-hybridized carbons (Fsp3) is 0.279. The van der Waals surface area contributed by atoms with E-state index in [1.807, 2.05) is 12.4 Å². The van der Waals surface area contributed by atoms with Gasteiger partial charge in [-0.25, -0.2) is 14.5 Å². The summed E-state index contributed by atoms with van der Waals surface area (Å²) < 4.78 is 5.13. The molecule has 0 N–H and O–H groups in total. The van der Waals surface area contributed by atoms with Crippen molar-refractivity contribution in [3.05, 3.63) is 144 Å². The second-order valence-corrected chi connectivity index (χ2v) is 14.2. The van der Waals surface area contributed by atoms with Gasteiger partial charge in [-0.05, 0) is 92.5 Å². The molecule has 3 aliphatic heterocycles. The summed E-state index contributed by atoms with van der Waals surface area (Å²) in [5, 5.41) is 0. The zero-order valence-electron chi connectivity index (χ0n) is 29.0. The van der Waals surface area contributed by atoms with Crippen LogP contribution in [0.5, 0.6) is 0 Å².